The minimum atomic E-state index is -1.03. The summed E-state index contributed by atoms with van der Waals surface area (Å²) in [5, 5.41) is 18.7. The Morgan fingerprint density at radius 2 is 2.11 bits per heavy atom. The van der Waals surface area contributed by atoms with Crippen molar-refractivity contribution in [2.24, 2.45) is 5.92 Å². The Morgan fingerprint density at radius 3 is 2.81 bits per heavy atom. The van der Waals surface area contributed by atoms with Gasteiger partial charge in [0.15, 0.2) is 0 Å². The second-order valence-corrected chi connectivity index (χ2v) is 6.55. The van der Waals surface area contributed by atoms with Crippen LogP contribution >= 0.6 is 0 Å². The first kappa shape index (κ1) is 18.2. The molecule has 0 fully saturated rings. The van der Waals surface area contributed by atoms with Crippen molar-refractivity contribution in [1.82, 2.24) is 9.55 Å². The van der Waals surface area contributed by atoms with Gasteiger partial charge >= 0.3 is 5.97 Å². The number of pyridine rings is 1. The van der Waals surface area contributed by atoms with Crippen molar-refractivity contribution in [3.63, 3.8) is 0 Å². The normalized spacial score (nSPS) is 10.6. The van der Waals surface area contributed by atoms with Crippen LogP contribution in [-0.4, -0.2) is 27.2 Å². The number of aromatic carboxylic acids is 1. The quantitative estimate of drug-likeness (QED) is 0.713. The molecule has 0 radical (unpaired) electrons. The Labute approximate surface area is 157 Å². The second kappa shape index (κ2) is 7.75. The van der Waals surface area contributed by atoms with E-state index in [-0.39, 0.29) is 5.56 Å². The fourth-order valence-corrected chi connectivity index (χ4v) is 2.61. The zero-order valence-corrected chi connectivity index (χ0v) is 15.1. The van der Waals surface area contributed by atoms with Gasteiger partial charge in [-0.05, 0) is 35.7 Å². The topological polar surface area (TPSA) is 88.1 Å². The van der Waals surface area contributed by atoms with Crippen molar-refractivity contribution in [1.29, 1.82) is 5.26 Å². The second-order valence-electron chi connectivity index (χ2n) is 6.55. The minimum absolute atomic E-state index is 0.137. The van der Waals surface area contributed by atoms with Gasteiger partial charge in [-0.1, -0.05) is 26.0 Å². The molecule has 136 valence electrons. The first-order valence-electron chi connectivity index (χ1n) is 8.53. The van der Waals surface area contributed by atoms with Crippen LogP contribution < -0.4 is 4.74 Å². The molecule has 0 aliphatic carbocycles. The summed E-state index contributed by atoms with van der Waals surface area (Å²) in [6.07, 6.45) is 4.85. The third-order valence-corrected chi connectivity index (χ3v) is 3.93. The summed E-state index contributed by atoms with van der Waals surface area (Å²) in [4.78, 5) is 15.4. The number of aromatic nitrogens is 2. The van der Waals surface area contributed by atoms with E-state index in [9.17, 15) is 10.1 Å². The highest BCUT2D eigenvalue weighted by Crippen LogP contribution is 2.29. The fourth-order valence-electron chi connectivity index (χ4n) is 2.61. The molecule has 0 unspecified atom stereocenters. The molecule has 1 aromatic carbocycles. The molecule has 0 atom stereocenters. The number of nitriles is 1. The van der Waals surface area contributed by atoms with Gasteiger partial charge < -0.3 is 14.4 Å². The number of carboxylic acid groups (broad SMARTS) is 1. The zero-order chi connectivity index (χ0) is 19.4. The number of carbonyl (C=O) groups is 1. The van der Waals surface area contributed by atoms with Crippen molar-refractivity contribution in [3.05, 3.63) is 66.1 Å². The number of benzene rings is 1. The third kappa shape index (κ3) is 4.15. The van der Waals surface area contributed by atoms with Crippen LogP contribution in [0.25, 0.3) is 16.9 Å². The Kier molecular flexibility index (Phi) is 5.23. The van der Waals surface area contributed by atoms with Gasteiger partial charge in [0.1, 0.15) is 17.6 Å². The Bertz CT molecular complexity index is 1020. The number of carboxylic acids is 1. The molecule has 0 aliphatic rings. The smallest absolute Gasteiger partial charge is 0.335 e. The summed E-state index contributed by atoms with van der Waals surface area (Å²) in [6.45, 7) is 4.77. The molecule has 1 N–H and O–H groups in total. The summed E-state index contributed by atoms with van der Waals surface area (Å²) in [7, 11) is 0. The van der Waals surface area contributed by atoms with Gasteiger partial charge in [0.25, 0.3) is 0 Å². The van der Waals surface area contributed by atoms with Gasteiger partial charge in [-0.2, -0.15) is 5.26 Å². The van der Waals surface area contributed by atoms with E-state index in [4.69, 9.17) is 9.84 Å². The molecule has 3 rings (SSSR count). The lowest BCUT2D eigenvalue weighted by Gasteiger charge is -2.09. The van der Waals surface area contributed by atoms with Crippen LogP contribution in [0.5, 0.6) is 5.75 Å². The zero-order valence-electron chi connectivity index (χ0n) is 15.1. The van der Waals surface area contributed by atoms with Crippen molar-refractivity contribution in [2.75, 3.05) is 6.61 Å². The molecule has 0 saturated carbocycles. The molecule has 0 aliphatic heterocycles. The van der Waals surface area contributed by atoms with Crippen LogP contribution in [0.15, 0.2) is 55.0 Å². The summed E-state index contributed by atoms with van der Waals surface area (Å²) in [5.74, 6) is 0.562. The highest BCUT2D eigenvalue weighted by atomic mass is 16.5. The van der Waals surface area contributed by atoms with Crippen LogP contribution in [0.2, 0.25) is 0 Å². The number of hydrogen-bond acceptors (Lipinski definition) is 4. The molecule has 0 bridgehead atoms. The SMILES string of the molecule is CC(C)COc1cccc(-c2cn(-c3cc(C(=O)O)ccn3)cc2C#N)c1. The molecule has 6 nitrogen and oxygen atoms in total. The van der Waals surface area contributed by atoms with Crippen LogP contribution in [-0.2, 0) is 0 Å². The molecule has 0 spiro atoms. The first-order valence-corrected chi connectivity index (χ1v) is 8.53. The molecule has 0 saturated heterocycles. The van der Waals surface area contributed by atoms with Gasteiger partial charge in [0.2, 0.25) is 0 Å². The van der Waals surface area contributed by atoms with Crippen LogP contribution in [0.3, 0.4) is 0 Å². The van der Waals surface area contributed by atoms with Crippen LogP contribution in [0, 0.1) is 17.2 Å². The number of nitrogens with zero attached hydrogens (tertiary/aromatic N) is 3. The minimum Gasteiger partial charge on any atom is -0.493 e. The van der Waals surface area contributed by atoms with E-state index in [0.717, 1.165) is 16.9 Å². The molecule has 27 heavy (non-hydrogen) atoms. The van der Waals surface area contributed by atoms with Gasteiger partial charge in [0.05, 0.1) is 17.7 Å². The van der Waals surface area contributed by atoms with E-state index < -0.39 is 5.97 Å². The van der Waals surface area contributed by atoms with E-state index in [1.165, 1.54) is 18.3 Å². The average molecular weight is 361 g/mol. The van der Waals surface area contributed by atoms with Crippen molar-refractivity contribution in [2.45, 2.75) is 13.8 Å². The van der Waals surface area contributed by atoms with Gasteiger partial charge in [-0.15, -0.1) is 0 Å². The summed E-state index contributed by atoms with van der Waals surface area (Å²) in [6, 6.07) is 12.6. The van der Waals surface area contributed by atoms with Crippen LogP contribution in [0.4, 0.5) is 0 Å². The monoisotopic (exact) mass is 361 g/mol. The van der Waals surface area contributed by atoms with E-state index >= 15 is 0 Å². The summed E-state index contributed by atoms with van der Waals surface area (Å²) < 4.78 is 7.42. The lowest BCUT2D eigenvalue weighted by molar-refractivity contribution is 0.0696. The fraction of sp³-hybridized carbons (Fsp3) is 0.190. The van der Waals surface area contributed by atoms with Gasteiger partial charge in [-0.25, -0.2) is 9.78 Å². The Balaban J connectivity index is 1.98. The van der Waals surface area contributed by atoms with E-state index in [2.05, 4.69) is 24.9 Å². The first-order chi connectivity index (χ1) is 13.0. The Hall–Kier alpha value is -3.59. The maximum atomic E-state index is 11.2. The highest BCUT2D eigenvalue weighted by molar-refractivity contribution is 5.88. The Morgan fingerprint density at radius 1 is 1.30 bits per heavy atom. The maximum Gasteiger partial charge on any atom is 0.335 e. The van der Waals surface area contributed by atoms with Crippen molar-refractivity contribution in [3.8, 4) is 28.8 Å². The molecular formula is C21H19N3O3. The van der Waals surface area contributed by atoms with Crippen molar-refractivity contribution < 1.29 is 14.6 Å². The third-order valence-electron chi connectivity index (χ3n) is 3.93. The summed E-state index contributed by atoms with van der Waals surface area (Å²) in [5.41, 5.74) is 2.19. The number of hydrogen-bond donors (Lipinski definition) is 1. The standard InChI is InChI=1S/C21H19N3O3/c1-14(2)13-27-18-5-3-4-15(8-18)19-12-24(11-17(19)10-22)20-9-16(21(25)26)6-7-23-20/h3-9,11-12,14H,13H2,1-2H3,(H,25,26). The molecule has 2 aromatic heterocycles. The number of rotatable bonds is 6. The molecule has 6 heteroatoms. The van der Waals surface area contributed by atoms with Gasteiger partial charge in [-0.3, -0.25) is 0 Å². The maximum absolute atomic E-state index is 11.2. The summed E-state index contributed by atoms with van der Waals surface area (Å²) >= 11 is 0. The van der Waals surface area contributed by atoms with E-state index in [1.54, 1.807) is 17.0 Å². The van der Waals surface area contributed by atoms with E-state index in [0.29, 0.717) is 23.9 Å². The molecular weight excluding hydrogens is 342 g/mol. The lowest BCUT2D eigenvalue weighted by atomic mass is 10.1. The predicted octanol–water partition coefficient (Wildman–Crippen LogP) is 4.14. The molecule has 2 heterocycles. The average Bonchev–Trinajstić information content (AvgIpc) is 3.11. The number of ether oxygens (including phenoxy) is 1. The lowest BCUT2D eigenvalue weighted by Crippen LogP contribution is -2.04. The molecule has 3 aromatic rings. The van der Waals surface area contributed by atoms with Crippen LogP contribution in [0.1, 0.15) is 29.8 Å². The predicted molar refractivity (Wildman–Crippen MR) is 101 cm³/mol. The molecule has 0 amide bonds. The van der Waals surface area contributed by atoms with Crippen molar-refractivity contribution >= 4 is 5.97 Å². The van der Waals surface area contributed by atoms with E-state index in [1.807, 2.05) is 24.3 Å². The largest absolute Gasteiger partial charge is 0.493 e. The highest BCUT2D eigenvalue weighted by Gasteiger charge is 2.13. The van der Waals surface area contributed by atoms with Gasteiger partial charge in [0, 0.05) is 24.2 Å².